The molecule has 8 heteroatoms. The van der Waals surface area contributed by atoms with E-state index >= 15 is 0 Å². The van der Waals surface area contributed by atoms with E-state index in [2.05, 4.69) is 26.5 Å². The molecule has 0 saturated heterocycles. The lowest BCUT2D eigenvalue weighted by Crippen LogP contribution is -2.29. The third-order valence-corrected chi connectivity index (χ3v) is 3.88. The van der Waals surface area contributed by atoms with Gasteiger partial charge in [-0.3, -0.25) is 9.59 Å². The van der Waals surface area contributed by atoms with Crippen molar-refractivity contribution in [2.24, 2.45) is 12.1 Å². The molecule has 2 aromatic rings. The van der Waals surface area contributed by atoms with Gasteiger partial charge in [0, 0.05) is 13.2 Å². The number of nitrogens with zero attached hydrogens (tertiary/aromatic N) is 2. The lowest BCUT2D eigenvalue weighted by molar-refractivity contribution is 0.0953. The molecular formula is C17H18BrN3O4. The van der Waals surface area contributed by atoms with E-state index in [0.29, 0.717) is 28.1 Å². The molecule has 0 atom stereocenters. The van der Waals surface area contributed by atoms with Crippen LogP contribution in [-0.4, -0.2) is 30.4 Å². The van der Waals surface area contributed by atoms with Crippen molar-refractivity contribution in [2.75, 3.05) is 13.7 Å². The number of pyridine rings is 1. The van der Waals surface area contributed by atoms with Crippen LogP contribution in [0.15, 0.2) is 44.8 Å². The van der Waals surface area contributed by atoms with Crippen LogP contribution in [0.4, 0.5) is 0 Å². The Kier molecular flexibility index (Phi) is 6.35. The summed E-state index contributed by atoms with van der Waals surface area (Å²) in [7, 11) is 3.12. The summed E-state index contributed by atoms with van der Waals surface area (Å²) in [6, 6.07) is 6.58. The van der Waals surface area contributed by atoms with E-state index in [1.807, 2.05) is 6.92 Å². The Morgan fingerprint density at radius 1 is 1.44 bits per heavy atom. The zero-order chi connectivity index (χ0) is 18.4. The maximum atomic E-state index is 12.0. The minimum atomic E-state index is -0.575. The average Bonchev–Trinajstić information content (AvgIpc) is 2.59. The molecule has 25 heavy (non-hydrogen) atoms. The van der Waals surface area contributed by atoms with Crippen molar-refractivity contribution in [3.8, 4) is 11.5 Å². The van der Waals surface area contributed by atoms with Crippen LogP contribution in [-0.2, 0) is 7.05 Å². The summed E-state index contributed by atoms with van der Waals surface area (Å²) < 4.78 is 12.8. The molecule has 0 aliphatic rings. The highest BCUT2D eigenvalue weighted by atomic mass is 79.9. The molecular weight excluding hydrogens is 390 g/mol. The standard InChI is InChI=1S/C17H18BrN3O4/c1-4-25-15-13(18)8-11(9-14(15)24-3)10-19-20-16(22)12-6-5-7-21(2)17(12)23/h5-10H,4H2,1-3H3,(H,20,22)/b19-10-. The van der Waals surface area contributed by atoms with Gasteiger partial charge >= 0.3 is 0 Å². The lowest BCUT2D eigenvalue weighted by atomic mass is 10.2. The second-order valence-corrected chi connectivity index (χ2v) is 5.86. The van der Waals surface area contributed by atoms with Crippen LogP contribution in [0.2, 0.25) is 0 Å². The fourth-order valence-corrected chi connectivity index (χ4v) is 2.67. The lowest BCUT2D eigenvalue weighted by Gasteiger charge is -2.11. The van der Waals surface area contributed by atoms with E-state index in [-0.39, 0.29) is 11.1 Å². The largest absolute Gasteiger partial charge is 0.493 e. The number of halogens is 1. The quantitative estimate of drug-likeness (QED) is 0.588. The van der Waals surface area contributed by atoms with Crippen molar-refractivity contribution in [1.82, 2.24) is 9.99 Å². The highest BCUT2D eigenvalue weighted by molar-refractivity contribution is 9.10. The number of hydrogen-bond donors (Lipinski definition) is 1. The molecule has 0 aliphatic heterocycles. The number of amides is 1. The van der Waals surface area contributed by atoms with Crippen LogP contribution in [0.25, 0.3) is 0 Å². The average molecular weight is 408 g/mol. The van der Waals surface area contributed by atoms with Crippen LogP contribution in [0.5, 0.6) is 11.5 Å². The Balaban J connectivity index is 2.17. The molecule has 0 spiro atoms. The molecule has 1 N–H and O–H groups in total. The number of hydrogen-bond acceptors (Lipinski definition) is 5. The first kappa shape index (κ1) is 18.7. The molecule has 0 fully saturated rings. The number of aryl methyl sites for hydroxylation is 1. The van der Waals surface area contributed by atoms with Crippen LogP contribution in [0, 0.1) is 0 Å². The summed E-state index contributed by atoms with van der Waals surface area (Å²) in [5.41, 5.74) is 2.66. The first-order valence-electron chi connectivity index (χ1n) is 7.47. The van der Waals surface area contributed by atoms with Crippen molar-refractivity contribution >= 4 is 28.1 Å². The van der Waals surface area contributed by atoms with Gasteiger partial charge in [0.25, 0.3) is 11.5 Å². The maximum Gasteiger partial charge on any atom is 0.276 e. The second kappa shape index (κ2) is 8.48. The van der Waals surface area contributed by atoms with Gasteiger partial charge in [-0.25, -0.2) is 5.43 Å². The fraction of sp³-hybridized carbons (Fsp3) is 0.235. The number of rotatable bonds is 6. The summed E-state index contributed by atoms with van der Waals surface area (Å²) in [4.78, 5) is 23.9. The predicted octanol–water partition coefficient (Wildman–Crippen LogP) is 2.32. The molecule has 132 valence electrons. The van der Waals surface area contributed by atoms with E-state index in [9.17, 15) is 9.59 Å². The molecule has 0 aliphatic carbocycles. The topological polar surface area (TPSA) is 81.9 Å². The molecule has 1 aromatic carbocycles. The van der Waals surface area contributed by atoms with Gasteiger partial charge in [-0.2, -0.15) is 5.10 Å². The summed E-state index contributed by atoms with van der Waals surface area (Å²) in [6.07, 6.45) is 3.03. The third kappa shape index (κ3) is 4.48. The fourth-order valence-electron chi connectivity index (χ4n) is 2.09. The number of nitrogens with one attached hydrogen (secondary N) is 1. The van der Waals surface area contributed by atoms with E-state index in [0.717, 1.165) is 0 Å². The van der Waals surface area contributed by atoms with Crippen LogP contribution >= 0.6 is 15.9 Å². The minimum absolute atomic E-state index is 0.0209. The van der Waals surface area contributed by atoms with Crippen LogP contribution < -0.4 is 20.5 Å². The number of benzene rings is 1. The third-order valence-electron chi connectivity index (χ3n) is 3.29. The van der Waals surface area contributed by atoms with Gasteiger partial charge in [0.15, 0.2) is 11.5 Å². The Hall–Kier alpha value is -2.61. The molecule has 2 rings (SSSR count). The van der Waals surface area contributed by atoms with Gasteiger partial charge in [0.1, 0.15) is 5.56 Å². The molecule has 1 amide bonds. The van der Waals surface area contributed by atoms with Crippen molar-refractivity contribution in [1.29, 1.82) is 0 Å². The van der Waals surface area contributed by atoms with Crippen molar-refractivity contribution in [3.05, 3.63) is 56.4 Å². The first-order valence-corrected chi connectivity index (χ1v) is 8.26. The molecule has 1 heterocycles. The van der Waals surface area contributed by atoms with Crippen molar-refractivity contribution in [3.63, 3.8) is 0 Å². The van der Waals surface area contributed by atoms with E-state index in [4.69, 9.17) is 9.47 Å². The molecule has 0 radical (unpaired) electrons. The number of methoxy groups -OCH3 is 1. The van der Waals surface area contributed by atoms with Crippen molar-refractivity contribution in [2.45, 2.75) is 6.92 Å². The first-order chi connectivity index (χ1) is 12.0. The molecule has 7 nitrogen and oxygen atoms in total. The van der Waals surface area contributed by atoms with E-state index < -0.39 is 5.91 Å². The number of hydrazone groups is 1. The Bertz CT molecular complexity index is 861. The Morgan fingerprint density at radius 3 is 2.88 bits per heavy atom. The summed E-state index contributed by atoms with van der Waals surface area (Å²) in [5.74, 6) is 0.564. The van der Waals surface area contributed by atoms with Crippen LogP contribution in [0.1, 0.15) is 22.8 Å². The monoisotopic (exact) mass is 407 g/mol. The van der Waals surface area contributed by atoms with Gasteiger partial charge < -0.3 is 14.0 Å². The second-order valence-electron chi connectivity index (χ2n) is 5.00. The minimum Gasteiger partial charge on any atom is -0.493 e. The number of ether oxygens (including phenoxy) is 2. The van der Waals surface area contributed by atoms with Gasteiger partial charge in [-0.15, -0.1) is 0 Å². The van der Waals surface area contributed by atoms with Crippen molar-refractivity contribution < 1.29 is 14.3 Å². The molecule has 0 bridgehead atoms. The highest BCUT2D eigenvalue weighted by Gasteiger charge is 2.11. The van der Waals surface area contributed by atoms with Crippen LogP contribution in [0.3, 0.4) is 0 Å². The molecule has 1 aromatic heterocycles. The van der Waals surface area contributed by atoms with Gasteiger partial charge in [-0.1, -0.05) is 0 Å². The zero-order valence-electron chi connectivity index (χ0n) is 14.1. The highest BCUT2D eigenvalue weighted by Crippen LogP contribution is 2.36. The van der Waals surface area contributed by atoms with E-state index in [1.165, 1.54) is 24.0 Å². The summed E-state index contributed by atoms with van der Waals surface area (Å²) in [5, 5.41) is 3.89. The van der Waals surface area contributed by atoms with Gasteiger partial charge in [0.2, 0.25) is 0 Å². The predicted molar refractivity (Wildman–Crippen MR) is 98.6 cm³/mol. The van der Waals surface area contributed by atoms with Gasteiger partial charge in [-0.05, 0) is 52.7 Å². The number of aromatic nitrogens is 1. The molecule has 0 unspecified atom stereocenters. The smallest absolute Gasteiger partial charge is 0.276 e. The SMILES string of the molecule is CCOc1c(Br)cc(/C=N\NC(=O)c2cccn(C)c2=O)cc1OC. The Morgan fingerprint density at radius 2 is 2.20 bits per heavy atom. The maximum absolute atomic E-state index is 12.0. The number of carbonyl (C=O) groups excluding carboxylic acids is 1. The Labute approximate surface area is 153 Å². The van der Waals surface area contributed by atoms with Gasteiger partial charge in [0.05, 0.1) is 24.4 Å². The van der Waals surface area contributed by atoms with E-state index in [1.54, 1.807) is 31.4 Å². The normalized spacial score (nSPS) is 10.7. The summed E-state index contributed by atoms with van der Waals surface area (Å²) >= 11 is 3.42. The zero-order valence-corrected chi connectivity index (χ0v) is 15.7. The number of carbonyl (C=O) groups is 1. The summed E-state index contributed by atoms with van der Waals surface area (Å²) in [6.45, 7) is 2.38. The molecule has 0 saturated carbocycles.